The summed E-state index contributed by atoms with van der Waals surface area (Å²) in [5.41, 5.74) is 1.18. The zero-order valence-corrected chi connectivity index (χ0v) is 6.87. The first-order valence-corrected chi connectivity index (χ1v) is 4.00. The van der Waals surface area contributed by atoms with Crippen molar-refractivity contribution >= 4 is 10.9 Å². The number of aromatic amines is 1. The molecule has 0 fully saturated rings. The van der Waals surface area contributed by atoms with Gasteiger partial charge in [0.1, 0.15) is 12.8 Å². The Kier molecular flexibility index (Phi) is 1.98. The number of para-hydroxylation sites is 1. The standard InChI is InChI=1S/C9H9FN2O/c10-5-8(13)9-6-3-1-2-4-7(6)11-12-9/h1-4,8,13H,5H2,(H,11,12). The molecule has 0 spiro atoms. The molecule has 68 valence electrons. The first-order chi connectivity index (χ1) is 6.33. The largest absolute Gasteiger partial charge is 0.384 e. The molecule has 2 N–H and O–H groups in total. The van der Waals surface area contributed by atoms with Crippen LogP contribution in [-0.2, 0) is 0 Å². The summed E-state index contributed by atoms with van der Waals surface area (Å²) < 4.78 is 12.2. The number of halogens is 1. The van der Waals surface area contributed by atoms with Gasteiger partial charge in [-0.3, -0.25) is 5.10 Å². The van der Waals surface area contributed by atoms with E-state index in [0.29, 0.717) is 5.69 Å². The van der Waals surface area contributed by atoms with E-state index >= 15 is 0 Å². The Balaban J connectivity index is 2.57. The molecule has 0 amide bonds. The van der Waals surface area contributed by atoms with Crippen LogP contribution < -0.4 is 0 Å². The van der Waals surface area contributed by atoms with Gasteiger partial charge in [0.25, 0.3) is 0 Å². The van der Waals surface area contributed by atoms with Crippen LogP contribution >= 0.6 is 0 Å². The summed E-state index contributed by atoms with van der Waals surface area (Å²) in [6, 6.07) is 7.27. The number of nitrogens with one attached hydrogen (secondary N) is 1. The first-order valence-electron chi connectivity index (χ1n) is 4.00. The van der Waals surface area contributed by atoms with Crippen molar-refractivity contribution in [2.24, 2.45) is 0 Å². The van der Waals surface area contributed by atoms with Crippen LogP contribution in [0.25, 0.3) is 10.9 Å². The van der Waals surface area contributed by atoms with Crippen molar-refractivity contribution in [1.29, 1.82) is 0 Å². The highest BCUT2D eigenvalue weighted by Crippen LogP contribution is 2.21. The third-order valence-corrected chi connectivity index (χ3v) is 1.97. The highest BCUT2D eigenvalue weighted by Gasteiger charge is 2.12. The van der Waals surface area contributed by atoms with Crippen LogP contribution in [0.15, 0.2) is 24.3 Å². The average molecular weight is 180 g/mol. The van der Waals surface area contributed by atoms with E-state index in [1.165, 1.54) is 0 Å². The molecular formula is C9H9FN2O. The normalized spacial score (nSPS) is 13.4. The molecule has 1 aromatic heterocycles. The van der Waals surface area contributed by atoms with Crippen molar-refractivity contribution in [2.75, 3.05) is 6.67 Å². The molecule has 0 aliphatic heterocycles. The van der Waals surface area contributed by atoms with Crippen LogP contribution in [0.2, 0.25) is 0 Å². The quantitative estimate of drug-likeness (QED) is 0.736. The summed E-state index contributed by atoms with van der Waals surface area (Å²) in [7, 11) is 0. The lowest BCUT2D eigenvalue weighted by Crippen LogP contribution is -1.99. The van der Waals surface area contributed by atoms with E-state index in [-0.39, 0.29) is 0 Å². The van der Waals surface area contributed by atoms with Gasteiger partial charge in [-0.05, 0) is 6.07 Å². The number of H-pyrrole nitrogens is 1. The Hall–Kier alpha value is -1.42. The smallest absolute Gasteiger partial charge is 0.124 e. The monoisotopic (exact) mass is 180 g/mol. The van der Waals surface area contributed by atoms with Gasteiger partial charge in [-0.2, -0.15) is 5.10 Å². The van der Waals surface area contributed by atoms with Crippen LogP contribution in [0.3, 0.4) is 0 Å². The fourth-order valence-corrected chi connectivity index (χ4v) is 1.31. The van der Waals surface area contributed by atoms with Crippen LogP contribution in [0.1, 0.15) is 11.8 Å². The summed E-state index contributed by atoms with van der Waals surface area (Å²) in [5.74, 6) is 0. The minimum Gasteiger partial charge on any atom is -0.384 e. The lowest BCUT2D eigenvalue weighted by molar-refractivity contribution is 0.139. The summed E-state index contributed by atoms with van der Waals surface area (Å²) in [5, 5.41) is 16.6. The summed E-state index contributed by atoms with van der Waals surface area (Å²) >= 11 is 0. The lowest BCUT2D eigenvalue weighted by Gasteiger charge is -2.01. The predicted molar refractivity (Wildman–Crippen MR) is 47.0 cm³/mol. The molecule has 0 aliphatic carbocycles. The molecule has 1 aromatic carbocycles. The molecule has 1 atom stereocenters. The van der Waals surface area contributed by atoms with E-state index in [9.17, 15) is 9.50 Å². The van der Waals surface area contributed by atoms with Gasteiger partial charge in [0.05, 0.1) is 11.2 Å². The lowest BCUT2D eigenvalue weighted by atomic mass is 10.1. The molecule has 4 heteroatoms. The number of fused-ring (bicyclic) bond motifs is 1. The molecule has 2 rings (SSSR count). The van der Waals surface area contributed by atoms with Crippen LogP contribution in [0.5, 0.6) is 0 Å². The first kappa shape index (κ1) is 8.19. The number of alkyl halides is 1. The SMILES string of the molecule is OC(CF)c1[nH]nc2ccccc12. The van der Waals surface area contributed by atoms with E-state index in [0.717, 1.165) is 10.9 Å². The van der Waals surface area contributed by atoms with Crippen LogP contribution in [0, 0.1) is 0 Å². The number of hydrogen-bond acceptors (Lipinski definition) is 2. The van der Waals surface area contributed by atoms with E-state index in [2.05, 4.69) is 10.2 Å². The number of benzene rings is 1. The Morgan fingerprint density at radius 3 is 3.00 bits per heavy atom. The minimum absolute atomic E-state index is 0.443. The van der Waals surface area contributed by atoms with Gasteiger partial charge in [0.2, 0.25) is 0 Å². The molecule has 3 nitrogen and oxygen atoms in total. The van der Waals surface area contributed by atoms with Crippen molar-refractivity contribution in [3.05, 3.63) is 30.0 Å². The third kappa shape index (κ3) is 1.29. The van der Waals surface area contributed by atoms with Crippen molar-refractivity contribution in [2.45, 2.75) is 6.10 Å². The number of aromatic nitrogens is 2. The van der Waals surface area contributed by atoms with E-state index in [1.54, 1.807) is 12.1 Å². The second-order valence-corrected chi connectivity index (χ2v) is 2.82. The van der Waals surface area contributed by atoms with Gasteiger partial charge in [0.15, 0.2) is 0 Å². The molecule has 0 saturated carbocycles. The average Bonchev–Trinajstić information content (AvgIpc) is 2.60. The second kappa shape index (κ2) is 3.14. The van der Waals surface area contributed by atoms with Crippen molar-refractivity contribution in [3.8, 4) is 0 Å². The summed E-state index contributed by atoms with van der Waals surface area (Å²) in [4.78, 5) is 0. The highest BCUT2D eigenvalue weighted by molar-refractivity contribution is 5.81. The maximum Gasteiger partial charge on any atom is 0.124 e. The number of nitrogens with zero attached hydrogens (tertiary/aromatic N) is 1. The highest BCUT2D eigenvalue weighted by atomic mass is 19.1. The fourth-order valence-electron chi connectivity index (χ4n) is 1.31. The predicted octanol–water partition coefficient (Wildman–Crippen LogP) is 1.57. The molecule has 0 radical (unpaired) electrons. The maximum absolute atomic E-state index is 12.2. The maximum atomic E-state index is 12.2. The molecule has 0 aliphatic rings. The Bertz CT molecular complexity index is 413. The number of hydrogen-bond donors (Lipinski definition) is 2. The van der Waals surface area contributed by atoms with Crippen LogP contribution in [-0.4, -0.2) is 22.0 Å². The molecular weight excluding hydrogens is 171 g/mol. The Labute approximate surface area is 74.2 Å². The van der Waals surface area contributed by atoms with E-state index < -0.39 is 12.8 Å². The Morgan fingerprint density at radius 2 is 2.23 bits per heavy atom. The molecule has 1 heterocycles. The third-order valence-electron chi connectivity index (χ3n) is 1.97. The number of rotatable bonds is 2. The molecule has 0 saturated heterocycles. The minimum atomic E-state index is -1.10. The molecule has 0 bridgehead atoms. The van der Waals surface area contributed by atoms with E-state index in [4.69, 9.17) is 0 Å². The van der Waals surface area contributed by atoms with Crippen molar-refractivity contribution in [3.63, 3.8) is 0 Å². The second-order valence-electron chi connectivity index (χ2n) is 2.82. The Morgan fingerprint density at radius 1 is 1.46 bits per heavy atom. The van der Waals surface area contributed by atoms with Crippen molar-refractivity contribution < 1.29 is 9.50 Å². The van der Waals surface area contributed by atoms with Gasteiger partial charge in [-0.1, -0.05) is 18.2 Å². The van der Waals surface area contributed by atoms with Gasteiger partial charge in [0, 0.05) is 5.39 Å². The summed E-state index contributed by atoms with van der Waals surface area (Å²) in [6.07, 6.45) is -1.10. The van der Waals surface area contributed by atoms with Crippen LogP contribution in [0.4, 0.5) is 4.39 Å². The molecule has 13 heavy (non-hydrogen) atoms. The topological polar surface area (TPSA) is 48.9 Å². The zero-order chi connectivity index (χ0) is 9.26. The zero-order valence-electron chi connectivity index (χ0n) is 6.87. The van der Waals surface area contributed by atoms with Gasteiger partial charge in [-0.25, -0.2) is 4.39 Å². The van der Waals surface area contributed by atoms with Gasteiger partial charge < -0.3 is 5.11 Å². The van der Waals surface area contributed by atoms with Gasteiger partial charge in [-0.15, -0.1) is 0 Å². The summed E-state index contributed by atoms with van der Waals surface area (Å²) in [6.45, 7) is -0.799. The number of aliphatic hydroxyl groups excluding tert-OH is 1. The molecule has 2 aromatic rings. The van der Waals surface area contributed by atoms with E-state index in [1.807, 2.05) is 12.1 Å². The van der Waals surface area contributed by atoms with Gasteiger partial charge >= 0.3 is 0 Å². The fraction of sp³-hybridized carbons (Fsp3) is 0.222. The number of aliphatic hydroxyl groups is 1. The van der Waals surface area contributed by atoms with Crippen molar-refractivity contribution in [1.82, 2.24) is 10.2 Å². The molecule has 1 unspecified atom stereocenters.